The molecule has 0 atom stereocenters. The van der Waals surface area contributed by atoms with E-state index >= 15 is 0 Å². The lowest BCUT2D eigenvalue weighted by Crippen LogP contribution is -2.29. The molecule has 19 heavy (non-hydrogen) atoms. The van der Waals surface area contributed by atoms with E-state index in [1.54, 1.807) is 24.5 Å². The van der Waals surface area contributed by atoms with Crippen LogP contribution < -0.4 is 0 Å². The van der Waals surface area contributed by atoms with Gasteiger partial charge in [0.05, 0.1) is 13.2 Å². The second kappa shape index (κ2) is 8.82. The van der Waals surface area contributed by atoms with Gasteiger partial charge in [-0.2, -0.15) is 0 Å². The summed E-state index contributed by atoms with van der Waals surface area (Å²) in [5.41, 5.74) is 0.887. The molecule has 1 rings (SSSR count). The fraction of sp³-hybridized carbons (Fsp3) is 0.462. The quantitative estimate of drug-likeness (QED) is 0.669. The van der Waals surface area contributed by atoms with Crippen LogP contribution in [0.4, 0.5) is 0 Å². The van der Waals surface area contributed by atoms with E-state index in [1.807, 2.05) is 11.4 Å². The first-order chi connectivity index (χ1) is 9.15. The second-order valence-electron chi connectivity index (χ2n) is 4.01. The summed E-state index contributed by atoms with van der Waals surface area (Å²) in [7, 11) is 1.65. The standard InChI is InChI=1S/C13H19NO4S/c1-18-7-5-14(4-6-15)9-12-8-11(10-19-12)2-3-13(16)17/h2-3,8,10,15H,4-7,9H2,1H3,(H,16,17)/b3-2+. The third kappa shape index (κ3) is 6.49. The van der Waals surface area contributed by atoms with Crippen LogP contribution in [0.1, 0.15) is 10.4 Å². The lowest BCUT2D eigenvalue weighted by Gasteiger charge is -2.19. The second-order valence-corrected chi connectivity index (χ2v) is 5.01. The summed E-state index contributed by atoms with van der Waals surface area (Å²) in [6, 6.07) is 1.96. The summed E-state index contributed by atoms with van der Waals surface area (Å²) in [6.45, 7) is 2.82. The number of ether oxygens (including phenoxy) is 1. The molecule has 0 aliphatic rings. The molecule has 5 nitrogen and oxygen atoms in total. The van der Waals surface area contributed by atoms with Crippen LogP contribution in [0.15, 0.2) is 17.5 Å². The summed E-state index contributed by atoms with van der Waals surface area (Å²) in [5.74, 6) is -0.949. The zero-order chi connectivity index (χ0) is 14.1. The molecule has 0 amide bonds. The molecule has 0 saturated heterocycles. The Labute approximate surface area is 116 Å². The van der Waals surface area contributed by atoms with Gasteiger partial charge in [-0.05, 0) is 23.1 Å². The molecule has 0 fully saturated rings. The van der Waals surface area contributed by atoms with Gasteiger partial charge in [-0.25, -0.2) is 4.79 Å². The maximum absolute atomic E-state index is 10.4. The number of rotatable bonds is 9. The lowest BCUT2D eigenvalue weighted by molar-refractivity contribution is -0.131. The van der Waals surface area contributed by atoms with E-state index in [0.717, 1.165) is 29.6 Å². The highest BCUT2D eigenvalue weighted by molar-refractivity contribution is 7.10. The molecule has 0 aromatic carbocycles. The van der Waals surface area contributed by atoms with Crippen molar-refractivity contribution in [2.45, 2.75) is 6.54 Å². The van der Waals surface area contributed by atoms with E-state index in [0.29, 0.717) is 13.2 Å². The Kier molecular flexibility index (Phi) is 7.35. The van der Waals surface area contributed by atoms with Crippen LogP contribution in [0.5, 0.6) is 0 Å². The van der Waals surface area contributed by atoms with Crippen LogP contribution in [0.3, 0.4) is 0 Å². The molecular weight excluding hydrogens is 266 g/mol. The lowest BCUT2D eigenvalue weighted by atomic mass is 10.2. The number of hydrogen-bond donors (Lipinski definition) is 2. The minimum absolute atomic E-state index is 0.112. The Morgan fingerprint density at radius 2 is 2.32 bits per heavy atom. The van der Waals surface area contributed by atoms with Crippen molar-refractivity contribution in [3.05, 3.63) is 28.0 Å². The predicted molar refractivity (Wildman–Crippen MR) is 75.2 cm³/mol. The molecule has 0 spiro atoms. The number of nitrogens with zero attached hydrogens (tertiary/aromatic N) is 1. The monoisotopic (exact) mass is 285 g/mol. The third-order valence-corrected chi connectivity index (χ3v) is 3.44. The van der Waals surface area contributed by atoms with E-state index in [4.69, 9.17) is 14.9 Å². The molecule has 2 N–H and O–H groups in total. The average molecular weight is 285 g/mol. The van der Waals surface area contributed by atoms with E-state index < -0.39 is 5.97 Å². The fourth-order valence-electron chi connectivity index (χ4n) is 1.59. The van der Waals surface area contributed by atoms with E-state index in [2.05, 4.69) is 4.90 Å². The number of carboxylic acid groups (broad SMARTS) is 1. The normalized spacial score (nSPS) is 11.5. The van der Waals surface area contributed by atoms with Gasteiger partial charge in [-0.1, -0.05) is 0 Å². The van der Waals surface area contributed by atoms with Crippen molar-refractivity contribution < 1.29 is 19.7 Å². The van der Waals surface area contributed by atoms with Crippen molar-refractivity contribution in [3.8, 4) is 0 Å². The molecule has 1 aromatic rings. The minimum atomic E-state index is -0.949. The molecule has 6 heteroatoms. The zero-order valence-corrected chi connectivity index (χ0v) is 11.7. The van der Waals surface area contributed by atoms with Crippen molar-refractivity contribution in [1.82, 2.24) is 4.90 Å². The van der Waals surface area contributed by atoms with Gasteiger partial charge in [0.2, 0.25) is 0 Å². The Hall–Kier alpha value is -1.21. The van der Waals surface area contributed by atoms with Crippen LogP contribution in [0, 0.1) is 0 Å². The van der Waals surface area contributed by atoms with Gasteiger partial charge in [-0.3, -0.25) is 4.90 Å². The van der Waals surface area contributed by atoms with Gasteiger partial charge in [0.25, 0.3) is 0 Å². The molecule has 0 bridgehead atoms. The van der Waals surface area contributed by atoms with E-state index in [9.17, 15) is 4.79 Å². The van der Waals surface area contributed by atoms with Crippen molar-refractivity contribution >= 4 is 23.4 Å². The number of methoxy groups -OCH3 is 1. The number of thiophene rings is 1. The van der Waals surface area contributed by atoms with Crippen LogP contribution >= 0.6 is 11.3 Å². The van der Waals surface area contributed by atoms with Crippen LogP contribution in [0.2, 0.25) is 0 Å². The van der Waals surface area contributed by atoms with Crippen LogP contribution in [-0.2, 0) is 16.1 Å². The topological polar surface area (TPSA) is 70.0 Å². The first-order valence-corrected chi connectivity index (χ1v) is 6.84. The first kappa shape index (κ1) is 15.8. The van der Waals surface area contributed by atoms with Gasteiger partial charge in [0, 0.05) is 37.7 Å². The summed E-state index contributed by atoms with van der Waals surface area (Å²) in [4.78, 5) is 13.7. The number of hydrogen-bond acceptors (Lipinski definition) is 5. The average Bonchev–Trinajstić information content (AvgIpc) is 2.81. The summed E-state index contributed by atoms with van der Waals surface area (Å²) in [5, 5.41) is 19.5. The molecule has 106 valence electrons. The third-order valence-electron chi connectivity index (χ3n) is 2.50. The molecule has 1 aromatic heterocycles. The molecule has 0 unspecified atom stereocenters. The molecule has 0 aliphatic heterocycles. The highest BCUT2D eigenvalue weighted by atomic mass is 32.1. The van der Waals surface area contributed by atoms with Crippen molar-refractivity contribution in [2.75, 3.05) is 33.4 Å². The number of aliphatic hydroxyl groups excluding tert-OH is 1. The van der Waals surface area contributed by atoms with Gasteiger partial charge in [0.15, 0.2) is 0 Å². The van der Waals surface area contributed by atoms with E-state index in [-0.39, 0.29) is 6.61 Å². The SMILES string of the molecule is COCCN(CCO)Cc1cc(/C=C/C(=O)O)cs1. The number of carbonyl (C=O) groups is 1. The largest absolute Gasteiger partial charge is 0.478 e. The van der Waals surface area contributed by atoms with Crippen LogP contribution in [0.25, 0.3) is 6.08 Å². The predicted octanol–water partition coefficient (Wildman–Crippen LogP) is 1.29. The fourth-order valence-corrected chi connectivity index (χ4v) is 2.48. The maximum Gasteiger partial charge on any atom is 0.328 e. The van der Waals surface area contributed by atoms with Crippen LogP contribution in [-0.4, -0.2) is 54.5 Å². The van der Waals surface area contributed by atoms with Gasteiger partial charge in [-0.15, -0.1) is 11.3 Å². The molecule has 0 aliphatic carbocycles. The van der Waals surface area contributed by atoms with Crippen molar-refractivity contribution in [1.29, 1.82) is 0 Å². The Morgan fingerprint density at radius 1 is 1.53 bits per heavy atom. The summed E-state index contributed by atoms with van der Waals surface area (Å²) >= 11 is 1.58. The highest BCUT2D eigenvalue weighted by Gasteiger charge is 2.07. The molecule has 1 heterocycles. The Bertz CT molecular complexity index is 417. The highest BCUT2D eigenvalue weighted by Crippen LogP contribution is 2.18. The molecule has 0 saturated carbocycles. The molecular formula is C13H19NO4S. The number of aliphatic carboxylic acids is 1. The van der Waals surface area contributed by atoms with Gasteiger partial charge >= 0.3 is 5.97 Å². The summed E-state index contributed by atoms with van der Waals surface area (Å²) in [6.07, 6.45) is 2.70. The smallest absolute Gasteiger partial charge is 0.328 e. The Morgan fingerprint density at radius 3 is 2.95 bits per heavy atom. The first-order valence-electron chi connectivity index (χ1n) is 5.96. The number of aliphatic hydroxyl groups is 1. The zero-order valence-electron chi connectivity index (χ0n) is 10.9. The minimum Gasteiger partial charge on any atom is -0.478 e. The maximum atomic E-state index is 10.4. The Balaban J connectivity index is 2.56. The molecule has 0 radical (unpaired) electrons. The van der Waals surface area contributed by atoms with Gasteiger partial charge in [0.1, 0.15) is 0 Å². The van der Waals surface area contributed by atoms with E-state index in [1.165, 1.54) is 0 Å². The summed E-state index contributed by atoms with van der Waals surface area (Å²) < 4.78 is 5.03. The van der Waals surface area contributed by atoms with Crippen molar-refractivity contribution in [3.63, 3.8) is 0 Å². The number of carboxylic acids is 1. The van der Waals surface area contributed by atoms with Crippen molar-refractivity contribution in [2.24, 2.45) is 0 Å². The van der Waals surface area contributed by atoms with Gasteiger partial charge < -0.3 is 14.9 Å².